The van der Waals surface area contributed by atoms with Gasteiger partial charge in [-0.2, -0.15) is 0 Å². The molecule has 0 heterocycles. The molecule has 1 amide bonds. The molecule has 3 N–H and O–H groups in total. The number of benzene rings is 1. The molecule has 0 aliphatic heterocycles. The van der Waals surface area contributed by atoms with Gasteiger partial charge in [-0.3, -0.25) is 14.9 Å². The highest BCUT2D eigenvalue weighted by Gasteiger charge is 2.12. The van der Waals surface area contributed by atoms with Crippen LogP contribution in [0.4, 0.5) is 17.1 Å². The monoisotopic (exact) mass is 252 g/mol. The van der Waals surface area contributed by atoms with Crippen molar-refractivity contribution < 1.29 is 9.72 Å². The van der Waals surface area contributed by atoms with E-state index in [2.05, 4.69) is 5.32 Å². The molecule has 1 aromatic rings. The first-order valence-corrected chi connectivity index (χ1v) is 5.41. The lowest BCUT2D eigenvalue weighted by molar-refractivity contribution is -0.384. The van der Waals surface area contributed by atoms with Gasteiger partial charge in [-0.15, -0.1) is 0 Å². The third kappa shape index (κ3) is 3.34. The van der Waals surface area contributed by atoms with Crippen molar-refractivity contribution >= 4 is 23.0 Å². The second-order valence-electron chi connectivity index (χ2n) is 3.84. The van der Waals surface area contributed by atoms with Gasteiger partial charge >= 0.3 is 0 Å². The summed E-state index contributed by atoms with van der Waals surface area (Å²) in [7, 11) is 3.35. The molecule has 1 rings (SSSR count). The zero-order valence-electron chi connectivity index (χ0n) is 10.3. The number of nitrogens with zero attached hydrogens (tertiary/aromatic N) is 2. The predicted octanol–water partition coefficient (Wildman–Crippen LogP) is 0.749. The molecule has 0 spiro atoms. The SMILES string of the molecule is CNC(=O)CCN(C)c1ccc([N+](=O)[O-])cc1N. The van der Waals surface area contributed by atoms with Gasteiger partial charge in [-0.25, -0.2) is 0 Å². The quantitative estimate of drug-likeness (QED) is 0.457. The topological polar surface area (TPSA) is 102 Å². The second-order valence-corrected chi connectivity index (χ2v) is 3.84. The highest BCUT2D eigenvalue weighted by atomic mass is 16.6. The van der Waals surface area contributed by atoms with Gasteiger partial charge in [0.05, 0.1) is 16.3 Å². The molecular weight excluding hydrogens is 236 g/mol. The maximum absolute atomic E-state index is 11.1. The first kappa shape index (κ1) is 13.8. The zero-order chi connectivity index (χ0) is 13.7. The first-order chi connectivity index (χ1) is 8.45. The number of rotatable bonds is 5. The van der Waals surface area contributed by atoms with Crippen LogP contribution < -0.4 is 16.0 Å². The number of hydrogen-bond donors (Lipinski definition) is 2. The van der Waals surface area contributed by atoms with E-state index in [1.165, 1.54) is 12.1 Å². The summed E-state index contributed by atoms with van der Waals surface area (Å²) in [5, 5.41) is 13.1. The molecule has 0 unspecified atom stereocenters. The van der Waals surface area contributed by atoms with Gasteiger partial charge < -0.3 is 16.0 Å². The van der Waals surface area contributed by atoms with Crippen molar-refractivity contribution in [2.45, 2.75) is 6.42 Å². The second kappa shape index (κ2) is 5.85. The molecule has 7 nitrogen and oxygen atoms in total. The molecule has 0 aliphatic rings. The van der Waals surface area contributed by atoms with Crippen LogP contribution in [-0.4, -0.2) is 31.5 Å². The fourth-order valence-corrected chi connectivity index (χ4v) is 1.52. The molecule has 0 saturated heterocycles. The first-order valence-electron chi connectivity index (χ1n) is 5.41. The highest BCUT2D eigenvalue weighted by molar-refractivity contribution is 5.77. The van der Waals surface area contributed by atoms with Crippen molar-refractivity contribution in [2.75, 3.05) is 31.3 Å². The number of carbonyl (C=O) groups excluding carboxylic acids is 1. The van der Waals surface area contributed by atoms with Crippen LogP contribution in [0.25, 0.3) is 0 Å². The Kier molecular flexibility index (Phi) is 4.47. The lowest BCUT2D eigenvalue weighted by atomic mass is 10.2. The summed E-state index contributed by atoms with van der Waals surface area (Å²) in [6.07, 6.45) is 0.337. The summed E-state index contributed by atoms with van der Waals surface area (Å²) >= 11 is 0. The minimum absolute atomic E-state index is 0.0454. The normalized spacial score (nSPS) is 9.89. The average Bonchev–Trinajstić information content (AvgIpc) is 2.35. The van der Waals surface area contributed by atoms with Crippen LogP contribution in [0, 0.1) is 10.1 Å². The summed E-state index contributed by atoms with van der Waals surface area (Å²) < 4.78 is 0. The van der Waals surface area contributed by atoms with Crippen LogP contribution in [0.2, 0.25) is 0 Å². The number of carbonyl (C=O) groups is 1. The molecule has 0 fully saturated rings. The lowest BCUT2D eigenvalue weighted by Crippen LogP contribution is -2.26. The minimum Gasteiger partial charge on any atom is -0.397 e. The number of nitrogen functional groups attached to an aromatic ring is 1. The maximum Gasteiger partial charge on any atom is 0.271 e. The number of nitro benzene ring substituents is 1. The van der Waals surface area contributed by atoms with Crippen LogP contribution in [0.15, 0.2) is 18.2 Å². The van der Waals surface area contributed by atoms with Crippen LogP contribution in [0.3, 0.4) is 0 Å². The summed E-state index contributed by atoms with van der Waals surface area (Å²) in [4.78, 5) is 23.0. The fraction of sp³-hybridized carbons (Fsp3) is 0.364. The van der Waals surface area contributed by atoms with E-state index in [0.717, 1.165) is 0 Å². The van der Waals surface area contributed by atoms with Gasteiger partial charge in [0.15, 0.2) is 0 Å². The highest BCUT2D eigenvalue weighted by Crippen LogP contribution is 2.26. The number of nitro groups is 1. The molecule has 1 aromatic carbocycles. The van der Waals surface area contributed by atoms with Gasteiger partial charge in [-0.05, 0) is 6.07 Å². The molecule has 0 atom stereocenters. The Morgan fingerprint density at radius 3 is 2.72 bits per heavy atom. The molecule has 0 radical (unpaired) electrons. The largest absolute Gasteiger partial charge is 0.397 e. The lowest BCUT2D eigenvalue weighted by Gasteiger charge is -2.20. The van der Waals surface area contributed by atoms with Crippen LogP contribution in [-0.2, 0) is 4.79 Å². The van der Waals surface area contributed by atoms with Crippen LogP contribution in [0.1, 0.15) is 6.42 Å². The Hall–Kier alpha value is -2.31. The van der Waals surface area contributed by atoms with Crippen molar-refractivity contribution in [3.05, 3.63) is 28.3 Å². The van der Waals surface area contributed by atoms with Crippen LogP contribution in [0.5, 0.6) is 0 Å². The predicted molar refractivity (Wildman–Crippen MR) is 69.5 cm³/mol. The maximum atomic E-state index is 11.1. The van der Waals surface area contributed by atoms with Crippen molar-refractivity contribution in [2.24, 2.45) is 0 Å². The van der Waals surface area contributed by atoms with E-state index in [4.69, 9.17) is 5.73 Å². The molecule has 0 bridgehead atoms. The Morgan fingerprint density at radius 1 is 1.56 bits per heavy atom. The van der Waals surface area contributed by atoms with Crippen molar-refractivity contribution in [3.8, 4) is 0 Å². The Bertz CT molecular complexity index is 462. The number of nitrogens with one attached hydrogen (secondary N) is 1. The van der Waals surface area contributed by atoms with Gasteiger partial charge in [0.25, 0.3) is 5.69 Å². The molecule has 18 heavy (non-hydrogen) atoms. The molecule has 0 saturated carbocycles. The summed E-state index contributed by atoms with van der Waals surface area (Å²) in [6, 6.07) is 4.28. The Balaban J connectivity index is 2.77. The number of anilines is 2. The summed E-state index contributed by atoms with van der Waals surface area (Å²) in [6.45, 7) is 0.488. The number of non-ortho nitro benzene ring substituents is 1. The van der Waals surface area contributed by atoms with Crippen molar-refractivity contribution in [1.29, 1.82) is 0 Å². The smallest absolute Gasteiger partial charge is 0.271 e. The third-order valence-corrected chi connectivity index (χ3v) is 2.59. The minimum atomic E-state index is -0.495. The molecule has 0 aliphatic carbocycles. The van der Waals surface area contributed by atoms with E-state index in [0.29, 0.717) is 24.3 Å². The number of amides is 1. The standard InChI is InChI=1S/C11H16N4O3/c1-13-11(16)5-6-14(2)10-4-3-8(15(17)18)7-9(10)12/h3-4,7H,5-6,12H2,1-2H3,(H,13,16). The fourth-order valence-electron chi connectivity index (χ4n) is 1.52. The van der Waals surface area contributed by atoms with Gasteiger partial charge in [0.1, 0.15) is 0 Å². The summed E-state index contributed by atoms with van der Waals surface area (Å²) in [5.74, 6) is -0.0673. The summed E-state index contributed by atoms with van der Waals surface area (Å²) in [5.41, 5.74) is 6.70. The molecule has 0 aromatic heterocycles. The number of hydrogen-bond acceptors (Lipinski definition) is 5. The van der Waals surface area contributed by atoms with Crippen LogP contribution >= 0.6 is 0 Å². The van der Waals surface area contributed by atoms with Gasteiger partial charge in [0.2, 0.25) is 5.91 Å². The molecule has 98 valence electrons. The van der Waals surface area contributed by atoms with Gasteiger partial charge in [-0.1, -0.05) is 0 Å². The van der Waals surface area contributed by atoms with Crippen molar-refractivity contribution in [1.82, 2.24) is 5.32 Å². The van der Waals surface area contributed by atoms with E-state index < -0.39 is 4.92 Å². The van der Waals surface area contributed by atoms with Crippen molar-refractivity contribution in [3.63, 3.8) is 0 Å². The Morgan fingerprint density at radius 2 is 2.22 bits per heavy atom. The molecule has 7 heteroatoms. The zero-order valence-corrected chi connectivity index (χ0v) is 10.3. The van der Waals surface area contributed by atoms with E-state index in [1.807, 2.05) is 0 Å². The van der Waals surface area contributed by atoms with E-state index in [-0.39, 0.29) is 11.6 Å². The average molecular weight is 252 g/mol. The number of nitrogens with two attached hydrogens (primary N) is 1. The van der Waals surface area contributed by atoms with E-state index >= 15 is 0 Å². The third-order valence-electron chi connectivity index (χ3n) is 2.59. The molecular formula is C11H16N4O3. The Labute approximate surface area is 105 Å². The van der Waals surface area contributed by atoms with E-state index in [9.17, 15) is 14.9 Å². The van der Waals surface area contributed by atoms with Gasteiger partial charge in [0, 0.05) is 39.2 Å². The van der Waals surface area contributed by atoms with E-state index in [1.54, 1.807) is 25.1 Å².